The fraction of sp³-hybridized carbons (Fsp3) is 0.286. The highest BCUT2D eigenvalue weighted by molar-refractivity contribution is 6.44. The lowest BCUT2D eigenvalue weighted by Crippen LogP contribution is -2.36. The molecule has 9 heteroatoms. The van der Waals surface area contributed by atoms with Crippen LogP contribution in [0.4, 0.5) is 11.6 Å². The average Bonchev–Trinajstić information content (AvgIpc) is 2.83. The number of aromatic nitrogens is 3. The van der Waals surface area contributed by atoms with Crippen LogP contribution in [0.5, 0.6) is 0 Å². The van der Waals surface area contributed by atoms with Crippen LogP contribution >= 0.6 is 23.2 Å². The molecular formula is C14H13Cl2N5O2. The maximum absolute atomic E-state index is 12.2. The van der Waals surface area contributed by atoms with Gasteiger partial charge in [-0.15, -0.1) is 0 Å². The molecule has 1 aliphatic rings. The Bertz CT molecular complexity index is 789. The molecule has 23 heavy (non-hydrogen) atoms. The van der Waals surface area contributed by atoms with Crippen molar-refractivity contribution in [3.8, 4) is 0 Å². The minimum absolute atomic E-state index is 0.00697. The largest absolute Gasteiger partial charge is 0.325 e. The molecule has 3 rings (SSSR count). The Kier molecular flexibility index (Phi) is 4.23. The number of amides is 2. The zero-order chi connectivity index (χ0) is 16.6. The van der Waals surface area contributed by atoms with Gasteiger partial charge >= 0.3 is 0 Å². The number of fused-ring (bicyclic) bond motifs is 1. The summed E-state index contributed by atoms with van der Waals surface area (Å²) >= 11 is 11.9. The summed E-state index contributed by atoms with van der Waals surface area (Å²) in [6.45, 7) is 2.04. The van der Waals surface area contributed by atoms with Gasteiger partial charge in [-0.05, 0) is 19.1 Å². The zero-order valence-electron chi connectivity index (χ0n) is 12.1. The van der Waals surface area contributed by atoms with Crippen LogP contribution in [-0.2, 0) is 16.1 Å². The third-order valence-corrected chi connectivity index (χ3v) is 4.25. The van der Waals surface area contributed by atoms with Gasteiger partial charge in [0.1, 0.15) is 5.82 Å². The minimum atomic E-state index is -0.526. The first-order valence-electron chi connectivity index (χ1n) is 6.90. The Morgan fingerprint density at radius 2 is 2.26 bits per heavy atom. The monoisotopic (exact) mass is 353 g/mol. The lowest BCUT2D eigenvalue weighted by atomic mass is 10.0. The van der Waals surface area contributed by atoms with Gasteiger partial charge in [-0.25, -0.2) is 4.68 Å². The van der Waals surface area contributed by atoms with E-state index >= 15 is 0 Å². The number of nitrogens with one attached hydrogen (secondary N) is 2. The van der Waals surface area contributed by atoms with E-state index in [0.29, 0.717) is 29.0 Å². The molecule has 1 aliphatic heterocycles. The molecule has 120 valence electrons. The van der Waals surface area contributed by atoms with Crippen LogP contribution < -0.4 is 10.6 Å². The van der Waals surface area contributed by atoms with Gasteiger partial charge in [0.15, 0.2) is 0 Å². The summed E-state index contributed by atoms with van der Waals surface area (Å²) in [6, 6.07) is 4.95. The predicted octanol–water partition coefficient (Wildman–Crippen LogP) is 2.49. The van der Waals surface area contributed by atoms with E-state index in [1.165, 1.54) is 0 Å². The fourth-order valence-corrected chi connectivity index (χ4v) is 2.71. The van der Waals surface area contributed by atoms with Gasteiger partial charge in [0, 0.05) is 6.42 Å². The number of hydrogen-bond donors (Lipinski definition) is 2. The van der Waals surface area contributed by atoms with Crippen LogP contribution in [0, 0.1) is 12.8 Å². The zero-order valence-corrected chi connectivity index (χ0v) is 13.6. The van der Waals surface area contributed by atoms with Crippen LogP contribution in [-0.4, -0.2) is 26.6 Å². The van der Waals surface area contributed by atoms with Gasteiger partial charge in [-0.3, -0.25) is 14.9 Å². The SMILES string of the molecule is Cc1nc2n(n1)CC(CC(=O)Nc1cccc(Cl)c1Cl)C(=O)N2. The Labute approximate surface area is 142 Å². The van der Waals surface area contributed by atoms with E-state index in [-0.39, 0.29) is 23.3 Å². The van der Waals surface area contributed by atoms with Crippen molar-refractivity contribution in [3.05, 3.63) is 34.1 Å². The molecule has 0 spiro atoms. The summed E-state index contributed by atoms with van der Waals surface area (Å²) in [5.41, 5.74) is 0.415. The smallest absolute Gasteiger partial charge is 0.232 e. The van der Waals surface area contributed by atoms with Gasteiger partial charge in [0.25, 0.3) is 0 Å². The van der Waals surface area contributed by atoms with Crippen molar-refractivity contribution in [2.24, 2.45) is 5.92 Å². The molecule has 1 aromatic heterocycles. The standard InChI is InChI=1S/C14H13Cl2N5O2/c1-7-17-14-19-13(23)8(6-21(14)20-7)5-11(22)18-10-4-2-3-9(15)12(10)16/h2-4,8H,5-6H2,1H3,(H,18,22)(H,17,19,20,23). The first kappa shape index (κ1) is 15.8. The molecule has 2 amide bonds. The summed E-state index contributed by atoms with van der Waals surface area (Å²) in [6.07, 6.45) is 0.00697. The normalized spacial score (nSPS) is 16.7. The summed E-state index contributed by atoms with van der Waals surface area (Å²) in [4.78, 5) is 28.3. The predicted molar refractivity (Wildman–Crippen MR) is 86.6 cm³/mol. The van der Waals surface area contributed by atoms with E-state index in [4.69, 9.17) is 23.2 Å². The van der Waals surface area contributed by atoms with E-state index in [9.17, 15) is 9.59 Å². The molecule has 2 aromatic rings. The number of benzene rings is 1. The second kappa shape index (κ2) is 6.17. The van der Waals surface area contributed by atoms with Crippen molar-refractivity contribution in [2.45, 2.75) is 19.9 Å². The Balaban J connectivity index is 1.68. The first-order valence-corrected chi connectivity index (χ1v) is 7.66. The number of anilines is 2. The molecule has 2 heterocycles. The Morgan fingerprint density at radius 3 is 3.04 bits per heavy atom. The van der Waals surface area contributed by atoms with Crippen LogP contribution in [0.15, 0.2) is 18.2 Å². The molecule has 0 aliphatic carbocycles. The maximum atomic E-state index is 12.2. The number of hydrogen-bond acceptors (Lipinski definition) is 4. The average molecular weight is 354 g/mol. The molecule has 0 radical (unpaired) electrons. The highest BCUT2D eigenvalue weighted by Crippen LogP contribution is 2.30. The summed E-state index contributed by atoms with van der Waals surface area (Å²) in [7, 11) is 0. The second-order valence-electron chi connectivity index (χ2n) is 5.20. The molecule has 2 N–H and O–H groups in total. The minimum Gasteiger partial charge on any atom is -0.325 e. The molecule has 0 saturated heterocycles. The maximum Gasteiger partial charge on any atom is 0.232 e. The van der Waals surface area contributed by atoms with Crippen molar-refractivity contribution < 1.29 is 9.59 Å². The number of rotatable bonds is 3. The molecule has 1 aromatic carbocycles. The summed E-state index contributed by atoms with van der Waals surface area (Å²) in [5.74, 6) is -0.133. The number of carbonyl (C=O) groups is 2. The van der Waals surface area contributed by atoms with E-state index in [1.807, 2.05) is 0 Å². The highest BCUT2D eigenvalue weighted by Gasteiger charge is 2.30. The van der Waals surface area contributed by atoms with Gasteiger partial charge in [-0.1, -0.05) is 29.3 Å². The number of halogens is 2. The highest BCUT2D eigenvalue weighted by atomic mass is 35.5. The third-order valence-electron chi connectivity index (χ3n) is 3.43. The van der Waals surface area contributed by atoms with Crippen molar-refractivity contribution in [2.75, 3.05) is 10.6 Å². The van der Waals surface area contributed by atoms with Crippen molar-refractivity contribution in [3.63, 3.8) is 0 Å². The lowest BCUT2D eigenvalue weighted by molar-refractivity contribution is -0.125. The van der Waals surface area contributed by atoms with Gasteiger partial charge < -0.3 is 5.32 Å². The van der Waals surface area contributed by atoms with Crippen molar-refractivity contribution in [1.82, 2.24) is 14.8 Å². The van der Waals surface area contributed by atoms with E-state index in [1.54, 1.807) is 29.8 Å². The van der Waals surface area contributed by atoms with Gasteiger partial charge in [0.05, 0.1) is 28.2 Å². The summed E-state index contributed by atoms with van der Waals surface area (Å²) in [5, 5.41) is 10.1. The molecule has 0 fully saturated rings. The quantitative estimate of drug-likeness (QED) is 0.886. The summed E-state index contributed by atoms with van der Waals surface area (Å²) < 4.78 is 1.58. The molecular weight excluding hydrogens is 341 g/mol. The first-order chi connectivity index (χ1) is 10.9. The third kappa shape index (κ3) is 3.30. The van der Waals surface area contributed by atoms with Crippen LogP contribution in [0.1, 0.15) is 12.2 Å². The van der Waals surface area contributed by atoms with Crippen molar-refractivity contribution >= 4 is 46.7 Å². The number of carbonyl (C=O) groups excluding carboxylic acids is 2. The van der Waals surface area contributed by atoms with Crippen LogP contribution in [0.2, 0.25) is 10.0 Å². The van der Waals surface area contributed by atoms with E-state index in [0.717, 1.165) is 0 Å². The lowest BCUT2D eigenvalue weighted by Gasteiger charge is -2.21. The molecule has 1 atom stereocenters. The molecule has 0 saturated carbocycles. The number of nitrogens with zero attached hydrogens (tertiary/aromatic N) is 3. The van der Waals surface area contributed by atoms with Crippen LogP contribution in [0.25, 0.3) is 0 Å². The van der Waals surface area contributed by atoms with E-state index < -0.39 is 5.92 Å². The van der Waals surface area contributed by atoms with Crippen molar-refractivity contribution in [1.29, 1.82) is 0 Å². The molecule has 1 unspecified atom stereocenters. The topological polar surface area (TPSA) is 88.9 Å². The Hall–Kier alpha value is -2.12. The van der Waals surface area contributed by atoms with Gasteiger partial charge in [0.2, 0.25) is 17.8 Å². The second-order valence-corrected chi connectivity index (χ2v) is 5.99. The van der Waals surface area contributed by atoms with Gasteiger partial charge in [-0.2, -0.15) is 10.1 Å². The Morgan fingerprint density at radius 1 is 1.48 bits per heavy atom. The molecule has 0 bridgehead atoms. The molecule has 7 nitrogen and oxygen atoms in total. The fourth-order valence-electron chi connectivity index (χ4n) is 2.36. The van der Waals surface area contributed by atoms with E-state index in [2.05, 4.69) is 20.7 Å². The number of aryl methyl sites for hydroxylation is 1. The van der Waals surface area contributed by atoms with Crippen LogP contribution in [0.3, 0.4) is 0 Å².